The molecule has 0 saturated carbocycles. The van der Waals surface area contributed by atoms with Crippen LogP contribution in [-0.4, -0.2) is 10.5 Å². The summed E-state index contributed by atoms with van der Waals surface area (Å²) in [4.78, 5) is 30.4. The Kier molecular flexibility index (Phi) is 4.89. The van der Waals surface area contributed by atoms with Crippen molar-refractivity contribution in [2.45, 2.75) is 18.9 Å². The van der Waals surface area contributed by atoms with E-state index in [1.807, 2.05) is 28.8 Å². The lowest BCUT2D eigenvalue weighted by Gasteiger charge is -2.30. The molecule has 6 heteroatoms. The number of thiazole rings is 1. The van der Waals surface area contributed by atoms with Gasteiger partial charge in [-0.3, -0.25) is 9.36 Å². The molecule has 34 heavy (non-hydrogen) atoms. The van der Waals surface area contributed by atoms with Gasteiger partial charge in [-0.25, -0.2) is 4.99 Å². The Bertz CT molecular complexity index is 1640. The SMILES string of the molecule is O=C([O-])c1ccc(/C=c2\sc3n(c2=O)[C@H](c2ccccc2)C2=C(N=3)c3ccccc3CC2)cc1. The quantitative estimate of drug-likeness (QED) is 0.469. The van der Waals surface area contributed by atoms with Crippen molar-refractivity contribution in [2.24, 2.45) is 4.99 Å². The maximum atomic E-state index is 13.7. The smallest absolute Gasteiger partial charge is 0.271 e. The number of benzene rings is 3. The number of carbonyl (C=O) groups excluding carboxylic acids is 1. The molecule has 3 aromatic carbocycles. The van der Waals surface area contributed by atoms with Gasteiger partial charge in [0.25, 0.3) is 5.56 Å². The third-order valence-corrected chi connectivity index (χ3v) is 7.42. The third kappa shape index (κ3) is 3.35. The normalized spacial score (nSPS) is 16.9. The monoisotopic (exact) mass is 463 g/mol. The van der Waals surface area contributed by atoms with Gasteiger partial charge in [-0.15, -0.1) is 0 Å². The molecule has 0 saturated heterocycles. The van der Waals surface area contributed by atoms with E-state index in [2.05, 4.69) is 30.3 Å². The van der Waals surface area contributed by atoms with Crippen molar-refractivity contribution in [3.8, 4) is 0 Å². The first-order valence-corrected chi connectivity index (χ1v) is 11.9. The standard InChI is InChI=1S/C28H20N2O3S/c31-26-23(16-17-10-12-20(13-11-17)27(32)33)34-28-29-24-21-9-5-4-6-18(21)14-15-22(24)25(30(26)28)19-7-2-1-3-8-19/h1-13,16,25H,14-15H2,(H,32,33)/p-1/b23-16-/t25-/m1/s1. The molecule has 2 aliphatic rings. The predicted molar refractivity (Wildman–Crippen MR) is 130 cm³/mol. The summed E-state index contributed by atoms with van der Waals surface area (Å²) >= 11 is 1.36. The van der Waals surface area contributed by atoms with Crippen molar-refractivity contribution in [1.82, 2.24) is 4.57 Å². The number of carbonyl (C=O) groups is 1. The van der Waals surface area contributed by atoms with Crippen molar-refractivity contribution in [3.05, 3.63) is 132 Å². The zero-order valence-electron chi connectivity index (χ0n) is 18.1. The fraction of sp³-hybridized carbons (Fsp3) is 0.107. The molecule has 1 atom stereocenters. The van der Waals surface area contributed by atoms with Gasteiger partial charge in [0.1, 0.15) is 0 Å². The Hall–Kier alpha value is -4.03. The summed E-state index contributed by atoms with van der Waals surface area (Å²) < 4.78 is 2.38. The van der Waals surface area contributed by atoms with Crippen LogP contribution in [0.15, 0.2) is 94.2 Å². The highest BCUT2D eigenvalue weighted by atomic mass is 32.1. The van der Waals surface area contributed by atoms with E-state index in [4.69, 9.17) is 4.99 Å². The van der Waals surface area contributed by atoms with E-state index in [1.165, 1.54) is 34.6 Å². The summed E-state index contributed by atoms with van der Waals surface area (Å²) in [5.74, 6) is -1.22. The van der Waals surface area contributed by atoms with Gasteiger partial charge in [0, 0.05) is 5.56 Å². The van der Waals surface area contributed by atoms with Crippen molar-refractivity contribution >= 4 is 29.1 Å². The van der Waals surface area contributed by atoms with Crippen LogP contribution in [0.3, 0.4) is 0 Å². The first kappa shape index (κ1) is 20.6. The molecule has 2 heterocycles. The maximum absolute atomic E-state index is 13.7. The van der Waals surface area contributed by atoms with Crippen LogP contribution in [-0.2, 0) is 6.42 Å². The lowest BCUT2D eigenvalue weighted by Crippen LogP contribution is -2.38. The van der Waals surface area contributed by atoms with E-state index >= 15 is 0 Å². The number of fused-ring (bicyclic) bond motifs is 3. The number of aromatic carboxylic acids is 1. The molecule has 0 spiro atoms. The van der Waals surface area contributed by atoms with Crippen LogP contribution in [0.5, 0.6) is 0 Å². The summed E-state index contributed by atoms with van der Waals surface area (Å²) in [6, 6.07) is 24.6. The van der Waals surface area contributed by atoms with Gasteiger partial charge >= 0.3 is 0 Å². The van der Waals surface area contributed by atoms with Crippen LogP contribution in [0.2, 0.25) is 0 Å². The minimum atomic E-state index is -1.22. The van der Waals surface area contributed by atoms with Crippen LogP contribution in [0.25, 0.3) is 11.8 Å². The summed E-state index contributed by atoms with van der Waals surface area (Å²) in [6.07, 6.45) is 3.56. The van der Waals surface area contributed by atoms with Crippen molar-refractivity contribution < 1.29 is 9.90 Å². The number of hydrogen-bond acceptors (Lipinski definition) is 5. The third-order valence-electron chi connectivity index (χ3n) is 6.43. The molecular formula is C28H19N2O3S-. The van der Waals surface area contributed by atoms with E-state index in [-0.39, 0.29) is 17.2 Å². The largest absolute Gasteiger partial charge is 0.545 e. The highest BCUT2D eigenvalue weighted by Crippen LogP contribution is 2.41. The number of hydrogen-bond donors (Lipinski definition) is 0. The molecular weight excluding hydrogens is 444 g/mol. The van der Waals surface area contributed by atoms with Crippen LogP contribution in [0.1, 0.15) is 45.1 Å². The van der Waals surface area contributed by atoms with Crippen LogP contribution in [0, 0.1) is 0 Å². The topological polar surface area (TPSA) is 74.5 Å². The number of aryl methyl sites for hydroxylation is 1. The van der Waals surface area contributed by atoms with Crippen molar-refractivity contribution in [2.75, 3.05) is 0 Å². The zero-order valence-corrected chi connectivity index (χ0v) is 18.9. The highest BCUT2D eigenvalue weighted by Gasteiger charge is 2.32. The maximum Gasteiger partial charge on any atom is 0.271 e. The Morgan fingerprint density at radius 2 is 1.71 bits per heavy atom. The number of carboxylic acids is 1. The van der Waals surface area contributed by atoms with Crippen molar-refractivity contribution in [1.29, 1.82) is 0 Å². The van der Waals surface area contributed by atoms with Crippen molar-refractivity contribution in [3.63, 3.8) is 0 Å². The van der Waals surface area contributed by atoms with Gasteiger partial charge in [0.2, 0.25) is 0 Å². The number of rotatable bonds is 3. The van der Waals surface area contributed by atoms with Crippen LogP contribution in [0.4, 0.5) is 0 Å². The molecule has 1 aliphatic heterocycles. The first-order chi connectivity index (χ1) is 16.6. The van der Waals surface area contributed by atoms with Gasteiger partial charge in [-0.05, 0) is 46.7 Å². The zero-order chi connectivity index (χ0) is 23.2. The molecule has 5 nitrogen and oxygen atoms in total. The molecule has 1 aliphatic carbocycles. The Morgan fingerprint density at radius 3 is 2.47 bits per heavy atom. The lowest BCUT2D eigenvalue weighted by atomic mass is 9.83. The molecule has 1 aromatic heterocycles. The van der Waals surface area contributed by atoms with E-state index in [1.54, 1.807) is 18.2 Å². The van der Waals surface area contributed by atoms with Gasteiger partial charge in [-0.1, -0.05) is 90.2 Å². The Labute approximate surface area is 199 Å². The molecule has 0 radical (unpaired) electrons. The first-order valence-electron chi connectivity index (χ1n) is 11.1. The number of allylic oxidation sites excluding steroid dienone is 1. The molecule has 6 rings (SSSR count). The molecule has 0 bridgehead atoms. The second-order valence-corrected chi connectivity index (χ2v) is 9.44. The van der Waals surface area contributed by atoms with Gasteiger partial charge in [-0.2, -0.15) is 0 Å². The molecule has 0 amide bonds. The van der Waals surface area contributed by atoms with E-state index in [0.717, 1.165) is 35.2 Å². The number of carboxylic acid groups (broad SMARTS) is 1. The van der Waals surface area contributed by atoms with Crippen LogP contribution < -0.4 is 20.0 Å². The van der Waals surface area contributed by atoms with E-state index < -0.39 is 5.97 Å². The fourth-order valence-corrected chi connectivity index (χ4v) is 5.83. The minimum absolute atomic E-state index is 0.0908. The minimum Gasteiger partial charge on any atom is -0.545 e. The predicted octanol–water partition coefficient (Wildman–Crippen LogP) is 2.68. The fourth-order valence-electron chi connectivity index (χ4n) is 4.82. The lowest BCUT2D eigenvalue weighted by molar-refractivity contribution is -0.255. The molecule has 0 fully saturated rings. The molecule has 0 N–H and O–H groups in total. The Morgan fingerprint density at radius 1 is 0.971 bits per heavy atom. The highest BCUT2D eigenvalue weighted by molar-refractivity contribution is 7.07. The second-order valence-electron chi connectivity index (χ2n) is 8.43. The second kappa shape index (κ2) is 8.08. The van der Waals surface area contributed by atoms with Gasteiger partial charge in [0.05, 0.1) is 22.2 Å². The summed E-state index contributed by atoms with van der Waals surface area (Å²) in [7, 11) is 0. The molecule has 4 aromatic rings. The average molecular weight is 464 g/mol. The van der Waals surface area contributed by atoms with Gasteiger partial charge < -0.3 is 9.90 Å². The van der Waals surface area contributed by atoms with E-state index in [0.29, 0.717) is 9.33 Å². The Balaban J connectivity index is 1.58. The number of aromatic nitrogens is 1. The number of nitrogens with zero attached hydrogens (tertiary/aromatic N) is 2. The summed E-state index contributed by atoms with van der Waals surface area (Å²) in [5.41, 5.74) is 6.39. The van der Waals surface area contributed by atoms with E-state index in [9.17, 15) is 14.7 Å². The average Bonchev–Trinajstić information content (AvgIpc) is 3.18. The summed E-state index contributed by atoms with van der Waals surface area (Å²) in [5, 5.41) is 11.0. The van der Waals surface area contributed by atoms with Crippen LogP contribution >= 0.6 is 11.3 Å². The molecule has 0 unspecified atom stereocenters. The molecule has 166 valence electrons. The summed E-state index contributed by atoms with van der Waals surface area (Å²) in [6.45, 7) is 0. The van der Waals surface area contributed by atoms with Gasteiger partial charge in [0.15, 0.2) is 4.80 Å².